The van der Waals surface area contributed by atoms with Crippen LogP contribution in [0, 0.1) is 13.8 Å². The third kappa shape index (κ3) is 1.16. The molecule has 2 aromatic heterocycles. The van der Waals surface area contributed by atoms with Gasteiger partial charge in [-0.2, -0.15) is 0 Å². The maximum Gasteiger partial charge on any atom is 0.116 e. The van der Waals surface area contributed by atoms with Crippen LogP contribution in [0.4, 0.5) is 0 Å². The molecule has 0 amide bonds. The average molecular weight is 214 g/mol. The highest BCUT2D eigenvalue weighted by Gasteiger charge is 2.09. The van der Waals surface area contributed by atoms with E-state index in [-0.39, 0.29) is 0 Å². The molecule has 0 aliphatic heterocycles. The van der Waals surface area contributed by atoms with Crippen molar-refractivity contribution >= 4 is 31.6 Å². The first-order valence-corrected chi connectivity index (χ1v) is 5.68. The molecule has 0 saturated heterocycles. The zero-order valence-corrected chi connectivity index (χ0v) is 9.43. The Bertz CT molecular complexity index is 599. The van der Waals surface area contributed by atoms with Crippen LogP contribution in [0.1, 0.15) is 11.3 Å². The van der Waals surface area contributed by atoms with Crippen molar-refractivity contribution in [3.63, 3.8) is 0 Å². The number of thiophene rings is 1. The maximum atomic E-state index is 4.37. The number of benzene rings is 1. The Morgan fingerprint density at radius 3 is 2.80 bits per heavy atom. The van der Waals surface area contributed by atoms with Gasteiger partial charge < -0.3 is 0 Å². The summed E-state index contributed by atoms with van der Waals surface area (Å²) in [5.74, 6) is 0. The van der Waals surface area contributed by atoms with Gasteiger partial charge in [0.2, 0.25) is 0 Å². The molecule has 2 nitrogen and oxygen atoms in total. The third-order valence-electron chi connectivity index (χ3n) is 2.65. The normalized spacial score (nSPS) is 11.3. The van der Waals surface area contributed by atoms with Gasteiger partial charge in [-0.25, -0.2) is 9.97 Å². The molecule has 0 aliphatic rings. The highest BCUT2D eigenvalue weighted by Crippen LogP contribution is 2.35. The zero-order chi connectivity index (χ0) is 10.4. The predicted molar refractivity (Wildman–Crippen MR) is 64.4 cm³/mol. The van der Waals surface area contributed by atoms with Crippen molar-refractivity contribution in [2.75, 3.05) is 0 Å². The molecule has 74 valence electrons. The van der Waals surface area contributed by atoms with Crippen molar-refractivity contribution in [2.45, 2.75) is 13.8 Å². The number of fused-ring (bicyclic) bond motifs is 3. The molecular formula is C12H10N2S. The molecule has 0 bridgehead atoms. The fraction of sp³-hybridized carbons (Fsp3) is 0.167. The van der Waals surface area contributed by atoms with Crippen molar-refractivity contribution in [2.24, 2.45) is 0 Å². The van der Waals surface area contributed by atoms with Crippen LogP contribution in [0.2, 0.25) is 0 Å². The topological polar surface area (TPSA) is 25.8 Å². The predicted octanol–water partition coefficient (Wildman–Crippen LogP) is 3.46. The minimum Gasteiger partial charge on any atom is -0.240 e. The molecule has 0 unspecified atom stereocenters. The van der Waals surface area contributed by atoms with Gasteiger partial charge >= 0.3 is 0 Å². The lowest BCUT2D eigenvalue weighted by molar-refractivity contribution is 1.16. The molecule has 15 heavy (non-hydrogen) atoms. The van der Waals surface area contributed by atoms with Crippen molar-refractivity contribution in [1.82, 2.24) is 9.97 Å². The SMILES string of the molecule is Cc1cccc2c1sc1c(C)ncnc12. The number of aromatic nitrogens is 2. The van der Waals surface area contributed by atoms with E-state index in [1.54, 1.807) is 17.7 Å². The lowest BCUT2D eigenvalue weighted by Gasteiger charge is -1.93. The molecule has 3 heteroatoms. The van der Waals surface area contributed by atoms with E-state index in [9.17, 15) is 0 Å². The molecule has 0 radical (unpaired) electrons. The fourth-order valence-electron chi connectivity index (χ4n) is 1.85. The molecule has 0 fully saturated rings. The molecular weight excluding hydrogens is 204 g/mol. The van der Waals surface area contributed by atoms with Crippen LogP contribution in [-0.4, -0.2) is 9.97 Å². The molecule has 0 saturated carbocycles. The Kier molecular flexibility index (Phi) is 1.76. The van der Waals surface area contributed by atoms with Crippen molar-refractivity contribution in [1.29, 1.82) is 0 Å². The Morgan fingerprint density at radius 2 is 1.93 bits per heavy atom. The molecule has 0 N–H and O–H groups in total. The first kappa shape index (κ1) is 8.80. The monoisotopic (exact) mass is 214 g/mol. The second kappa shape index (κ2) is 3.00. The summed E-state index contributed by atoms with van der Waals surface area (Å²) in [5.41, 5.74) is 3.47. The first-order chi connectivity index (χ1) is 7.27. The van der Waals surface area contributed by atoms with Crippen LogP contribution >= 0.6 is 11.3 Å². The Labute approximate surface area is 91.6 Å². The van der Waals surface area contributed by atoms with Crippen molar-refractivity contribution < 1.29 is 0 Å². The third-order valence-corrected chi connectivity index (χ3v) is 4.09. The lowest BCUT2D eigenvalue weighted by Crippen LogP contribution is -1.82. The number of aryl methyl sites for hydroxylation is 2. The number of rotatable bonds is 0. The van der Waals surface area contributed by atoms with E-state index in [0.717, 1.165) is 11.2 Å². The molecule has 3 aromatic rings. The molecule has 0 spiro atoms. The number of hydrogen-bond donors (Lipinski definition) is 0. The number of nitrogens with zero attached hydrogens (tertiary/aromatic N) is 2. The zero-order valence-electron chi connectivity index (χ0n) is 8.61. The van der Waals surface area contributed by atoms with Crippen LogP contribution in [0.3, 0.4) is 0 Å². The van der Waals surface area contributed by atoms with Crippen LogP contribution < -0.4 is 0 Å². The van der Waals surface area contributed by atoms with Gasteiger partial charge in [-0.1, -0.05) is 18.2 Å². The van der Waals surface area contributed by atoms with Gasteiger partial charge in [0.1, 0.15) is 6.33 Å². The van der Waals surface area contributed by atoms with Crippen LogP contribution in [0.25, 0.3) is 20.3 Å². The largest absolute Gasteiger partial charge is 0.240 e. The van der Waals surface area contributed by atoms with Crippen LogP contribution in [0.15, 0.2) is 24.5 Å². The Balaban J connectivity index is 2.63. The van der Waals surface area contributed by atoms with E-state index in [2.05, 4.69) is 35.1 Å². The van der Waals surface area contributed by atoms with Gasteiger partial charge in [-0.15, -0.1) is 11.3 Å². The second-order valence-corrected chi connectivity index (χ2v) is 4.71. The number of hydrogen-bond acceptors (Lipinski definition) is 3. The highest BCUT2D eigenvalue weighted by molar-refractivity contribution is 7.26. The van der Waals surface area contributed by atoms with Gasteiger partial charge in [0.05, 0.1) is 15.9 Å². The first-order valence-electron chi connectivity index (χ1n) is 4.87. The summed E-state index contributed by atoms with van der Waals surface area (Å²) in [5, 5.41) is 1.25. The van der Waals surface area contributed by atoms with Gasteiger partial charge in [-0.3, -0.25) is 0 Å². The summed E-state index contributed by atoms with van der Waals surface area (Å²) in [6.07, 6.45) is 1.64. The van der Waals surface area contributed by atoms with E-state index >= 15 is 0 Å². The van der Waals surface area contributed by atoms with E-state index in [1.807, 2.05) is 6.92 Å². The van der Waals surface area contributed by atoms with E-state index in [4.69, 9.17) is 0 Å². The smallest absolute Gasteiger partial charge is 0.116 e. The molecule has 2 heterocycles. The standard InChI is InChI=1S/C12H10N2S/c1-7-4-3-5-9-10-12(15-11(7)9)8(2)13-6-14-10/h3-6H,1-2H3. The van der Waals surface area contributed by atoms with E-state index in [1.165, 1.54) is 20.3 Å². The Hall–Kier alpha value is -1.48. The minimum absolute atomic E-state index is 1.07. The summed E-state index contributed by atoms with van der Waals surface area (Å²) in [6.45, 7) is 4.18. The summed E-state index contributed by atoms with van der Waals surface area (Å²) >= 11 is 1.79. The summed E-state index contributed by atoms with van der Waals surface area (Å²) in [6, 6.07) is 6.36. The van der Waals surface area contributed by atoms with Gasteiger partial charge in [0.25, 0.3) is 0 Å². The van der Waals surface area contributed by atoms with E-state index < -0.39 is 0 Å². The molecule has 1 aromatic carbocycles. The van der Waals surface area contributed by atoms with Crippen LogP contribution in [0.5, 0.6) is 0 Å². The lowest BCUT2D eigenvalue weighted by atomic mass is 10.1. The Morgan fingerprint density at radius 1 is 1.07 bits per heavy atom. The van der Waals surface area contributed by atoms with Gasteiger partial charge in [0.15, 0.2) is 0 Å². The fourth-order valence-corrected chi connectivity index (χ4v) is 3.02. The average Bonchev–Trinajstić information content (AvgIpc) is 2.60. The van der Waals surface area contributed by atoms with Crippen molar-refractivity contribution in [3.8, 4) is 0 Å². The minimum atomic E-state index is 1.07. The summed E-state index contributed by atoms with van der Waals surface area (Å²) in [4.78, 5) is 8.60. The van der Waals surface area contributed by atoms with Crippen LogP contribution in [-0.2, 0) is 0 Å². The van der Waals surface area contributed by atoms with Gasteiger partial charge in [0, 0.05) is 10.1 Å². The molecule has 3 rings (SSSR count). The molecule has 0 aliphatic carbocycles. The van der Waals surface area contributed by atoms with E-state index in [0.29, 0.717) is 0 Å². The molecule has 0 atom stereocenters. The van der Waals surface area contributed by atoms with Gasteiger partial charge in [-0.05, 0) is 19.4 Å². The second-order valence-electron chi connectivity index (χ2n) is 3.69. The summed E-state index contributed by atoms with van der Waals surface area (Å²) in [7, 11) is 0. The quantitative estimate of drug-likeness (QED) is 0.572. The summed E-state index contributed by atoms with van der Waals surface area (Å²) < 4.78 is 2.54. The highest BCUT2D eigenvalue weighted by atomic mass is 32.1. The maximum absolute atomic E-state index is 4.37. The van der Waals surface area contributed by atoms with Crippen molar-refractivity contribution in [3.05, 3.63) is 35.8 Å².